The third-order valence-electron chi connectivity index (χ3n) is 1.29. The van der Waals surface area contributed by atoms with Gasteiger partial charge in [-0.3, -0.25) is 0 Å². The predicted octanol–water partition coefficient (Wildman–Crippen LogP) is 1.38. The molecule has 0 aromatic heterocycles. The first-order valence-electron chi connectivity index (χ1n) is 3.11. The van der Waals surface area contributed by atoms with Crippen LogP contribution in [0, 0.1) is 12.3 Å². The highest BCUT2D eigenvalue weighted by Crippen LogP contribution is 2.20. The Balaban J connectivity index is 3.15. The molecule has 0 unspecified atom stereocenters. The summed E-state index contributed by atoms with van der Waals surface area (Å²) in [5.41, 5.74) is 0.613. The number of hydrogen-bond donors (Lipinski definition) is 1. The van der Waals surface area contributed by atoms with Gasteiger partial charge in [0.05, 0.1) is 7.11 Å². The van der Waals surface area contributed by atoms with E-state index in [1.807, 2.05) is 0 Å². The van der Waals surface area contributed by atoms with Crippen LogP contribution in [0.25, 0.3) is 0 Å². The van der Waals surface area contributed by atoms with Crippen molar-refractivity contribution < 1.29 is 9.84 Å². The van der Waals surface area contributed by atoms with Crippen LogP contribution in [0.2, 0.25) is 0 Å². The van der Waals surface area contributed by atoms with Crippen molar-refractivity contribution in [1.29, 1.82) is 0 Å². The fraction of sp³-hybridized carbons (Fsp3) is 0.111. The number of rotatable bonds is 1. The zero-order chi connectivity index (χ0) is 8.27. The Morgan fingerprint density at radius 2 is 2.18 bits per heavy atom. The quantitative estimate of drug-likeness (QED) is 0.610. The third-order valence-corrected chi connectivity index (χ3v) is 1.29. The smallest absolute Gasteiger partial charge is 0.123 e. The van der Waals surface area contributed by atoms with Crippen molar-refractivity contribution in [1.82, 2.24) is 0 Å². The van der Waals surface area contributed by atoms with Gasteiger partial charge in [-0.2, -0.15) is 0 Å². The molecule has 2 heteroatoms. The van der Waals surface area contributed by atoms with Crippen LogP contribution in [-0.2, 0) is 0 Å². The molecule has 0 saturated heterocycles. The van der Waals surface area contributed by atoms with Crippen LogP contribution < -0.4 is 4.74 Å². The monoisotopic (exact) mass is 148 g/mol. The molecule has 0 heterocycles. The summed E-state index contributed by atoms with van der Waals surface area (Å²) in [6.45, 7) is 0. The summed E-state index contributed by atoms with van der Waals surface area (Å²) in [6.07, 6.45) is 5.13. The topological polar surface area (TPSA) is 29.5 Å². The molecule has 0 atom stereocenters. The first kappa shape index (κ1) is 7.49. The van der Waals surface area contributed by atoms with Crippen LogP contribution in [0.5, 0.6) is 11.5 Å². The minimum Gasteiger partial charge on any atom is -0.508 e. The Bertz CT molecular complexity index is 297. The molecule has 1 N–H and O–H groups in total. The molecule has 0 amide bonds. The van der Waals surface area contributed by atoms with Crippen molar-refractivity contribution in [3.8, 4) is 23.8 Å². The van der Waals surface area contributed by atoms with Crippen LogP contribution in [0.15, 0.2) is 18.2 Å². The summed E-state index contributed by atoms with van der Waals surface area (Å²) < 4.78 is 4.88. The minimum absolute atomic E-state index is 0.123. The van der Waals surface area contributed by atoms with E-state index in [2.05, 4.69) is 5.92 Å². The van der Waals surface area contributed by atoms with Gasteiger partial charge in [-0.1, -0.05) is 5.92 Å². The van der Waals surface area contributed by atoms with E-state index in [1.165, 1.54) is 19.2 Å². The molecule has 0 aliphatic rings. The number of ether oxygens (including phenoxy) is 1. The van der Waals surface area contributed by atoms with Crippen LogP contribution in [0.4, 0.5) is 0 Å². The zero-order valence-electron chi connectivity index (χ0n) is 6.16. The Kier molecular flexibility index (Phi) is 2.03. The minimum atomic E-state index is 0.123. The molecule has 11 heavy (non-hydrogen) atoms. The first-order chi connectivity index (χ1) is 5.26. The fourth-order valence-corrected chi connectivity index (χ4v) is 0.785. The van der Waals surface area contributed by atoms with Gasteiger partial charge in [0.15, 0.2) is 0 Å². The number of terminal acetylenes is 1. The van der Waals surface area contributed by atoms with Gasteiger partial charge in [-0.15, -0.1) is 6.42 Å². The van der Waals surface area contributed by atoms with Gasteiger partial charge < -0.3 is 9.84 Å². The highest BCUT2D eigenvalue weighted by molar-refractivity contribution is 5.44. The standard InChI is InChI=1S/C9H8O2/c1-3-7-4-8(10)6-9(5-7)11-2/h1,4-6,10H,2H3. The molecule has 1 aromatic rings. The third kappa shape index (κ3) is 1.65. The molecule has 56 valence electrons. The van der Waals surface area contributed by atoms with Crippen molar-refractivity contribution in [2.45, 2.75) is 0 Å². The number of hydrogen-bond acceptors (Lipinski definition) is 2. The Hall–Kier alpha value is -1.62. The maximum absolute atomic E-state index is 9.08. The number of phenols is 1. The normalized spacial score (nSPS) is 8.73. The van der Waals surface area contributed by atoms with Crippen LogP contribution in [0.3, 0.4) is 0 Å². The molecule has 1 aromatic carbocycles. The summed E-state index contributed by atoms with van der Waals surface area (Å²) in [5, 5.41) is 9.08. The predicted molar refractivity (Wildman–Crippen MR) is 42.6 cm³/mol. The van der Waals surface area contributed by atoms with E-state index in [1.54, 1.807) is 6.07 Å². The maximum atomic E-state index is 9.08. The lowest BCUT2D eigenvalue weighted by atomic mass is 10.2. The Morgan fingerprint density at radius 3 is 2.73 bits per heavy atom. The summed E-state index contributed by atoms with van der Waals surface area (Å²) in [4.78, 5) is 0. The molecule has 1 rings (SSSR count). The highest BCUT2D eigenvalue weighted by Gasteiger charge is 1.96. The summed E-state index contributed by atoms with van der Waals surface area (Å²) in [7, 11) is 1.52. The SMILES string of the molecule is C#Cc1cc(O)cc(OC)c1. The lowest BCUT2D eigenvalue weighted by Gasteiger charge is -2.00. The molecule has 0 radical (unpaired) electrons. The zero-order valence-corrected chi connectivity index (χ0v) is 6.16. The fourth-order valence-electron chi connectivity index (χ4n) is 0.785. The molecule has 0 spiro atoms. The van der Waals surface area contributed by atoms with Crippen molar-refractivity contribution in [2.75, 3.05) is 7.11 Å². The average molecular weight is 148 g/mol. The Labute approximate surface area is 65.4 Å². The Morgan fingerprint density at radius 1 is 1.45 bits per heavy atom. The van der Waals surface area contributed by atoms with Gasteiger partial charge in [0, 0.05) is 11.6 Å². The van der Waals surface area contributed by atoms with Gasteiger partial charge in [0.1, 0.15) is 11.5 Å². The summed E-state index contributed by atoms with van der Waals surface area (Å²) in [6, 6.07) is 4.68. The molecular weight excluding hydrogens is 140 g/mol. The highest BCUT2D eigenvalue weighted by atomic mass is 16.5. The van der Waals surface area contributed by atoms with Gasteiger partial charge in [0.25, 0.3) is 0 Å². The van der Waals surface area contributed by atoms with Crippen molar-refractivity contribution in [3.63, 3.8) is 0 Å². The van der Waals surface area contributed by atoms with E-state index >= 15 is 0 Å². The second kappa shape index (κ2) is 2.98. The van der Waals surface area contributed by atoms with E-state index in [0.29, 0.717) is 11.3 Å². The van der Waals surface area contributed by atoms with Gasteiger partial charge >= 0.3 is 0 Å². The summed E-state index contributed by atoms with van der Waals surface area (Å²) >= 11 is 0. The molecule has 0 fully saturated rings. The van der Waals surface area contributed by atoms with Crippen molar-refractivity contribution in [2.24, 2.45) is 0 Å². The number of phenolic OH excluding ortho intramolecular Hbond substituents is 1. The van der Waals surface area contributed by atoms with E-state index in [4.69, 9.17) is 16.3 Å². The molecule has 0 aliphatic heterocycles. The van der Waals surface area contributed by atoms with E-state index in [9.17, 15) is 0 Å². The molecular formula is C9H8O2. The second-order valence-electron chi connectivity index (χ2n) is 2.06. The van der Waals surface area contributed by atoms with Gasteiger partial charge in [-0.25, -0.2) is 0 Å². The lowest BCUT2D eigenvalue weighted by molar-refractivity contribution is 0.407. The maximum Gasteiger partial charge on any atom is 0.123 e. The first-order valence-corrected chi connectivity index (χ1v) is 3.11. The van der Waals surface area contributed by atoms with Gasteiger partial charge in [0.2, 0.25) is 0 Å². The van der Waals surface area contributed by atoms with Crippen LogP contribution >= 0.6 is 0 Å². The number of benzene rings is 1. The lowest BCUT2D eigenvalue weighted by Crippen LogP contribution is -1.83. The van der Waals surface area contributed by atoms with Crippen LogP contribution in [0.1, 0.15) is 5.56 Å². The number of methoxy groups -OCH3 is 1. The van der Waals surface area contributed by atoms with E-state index in [0.717, 1.165) is 0 Å². The van der Waals surface area contributed by atoms with Crippen molar-refractivity contribution in [3.05, 3.63) is 23.8 Å². The number of aromatic hydroxyl groups is 1. The van der Waals surface area contributed by atoms with E-state index < -0.39 is 0 Å². The van der Waals surface area contributed by atoms with Gasteiger partial charge in [-0.05, 0) is 12.1 Å². The summed E-state index contributed by atoms with van der Waals surface area (Å²) in [5.74, 6) is 3.09. The molecule has 0 saturated carbocycles. The molecule has 0 aliphatic carbocycles. The van der Waals surface area contributed by atoms with E-state index in [-0.39, 0.29) is 5.75 Å². The van der Waals surface area contributed by atoms with Crippen LogP contribution in [-0.4, -0.2) is 12.2 Å². The van der Waals surface area contributed by atoms with Crippen molar-refractivity contribution >= 4 is 0 Å². The molecule has 2 nitrogen and oxygen atoms in total. The molecule has 0 bridgehead atoms. The average Bonchev–Trinajstić information content (AvgIpc) is 2.03. The second-order valence-corrected chi connectivity index (χ2v) is 2.06. The largest absolute Gasteiger partial charge is 0.508 e.